The molecule has 1 amide bonds. The summed E-state index contributed by atoms with van der Waals surface area (Å²) < 4.78 is 0. The van der Waals surface area contributed by atoms with Crippen molar-refractivity contribution in [2.45, 2.75) is 51.0 Å². The average Bonchev–Trinajstić information content (AvgIpc) is 2.55. The molecule has 2 aromatic rings. The van der Waals surface area contributed by atoms with Crippen molar-refractivity contribution in [1.29, 1.82) is 0 Å². The van der Waals surface area contributed by atoms with Crippen LogP contribution in [0.5, 0.6) is 0 Å². The Balaban J connectivity index is 0.00000225. The number of nitrogen functional groups attached to an aromatic ring is 1. The molecule has 0 aliphatic heterocycles. The Kier molecular flexibility index (Phi) is 6.12. The zero-order chi connectivity index (χ0) is 17.2. The molecule has 3 N–H and O–H groups in total. The molecule has 0 radical (unpaired) electrons. The third-order valence-electron chi connectivity index (χ3n) is 4.97. The molecule has 0 fully saturated rings. The van der Waals surface area contributed by atoms with E-state index in [1.807, 2.05) is 30.3 Å². The predicted molar refractivity (Wildman–Crippen MR) is 106 cm³/mol. The maximum absolute atomic E-state index is 12.6. The van der Waals surface area contributed by atoms with Gasteiger partial charge < -0.3 is 11.1 Å². The quantitative estimate of drug-likeness (QED) is 0.787. The molecule has 1 aliphatic carbocycles. The summed E-state index contributed by atoms with van der Waals surface area (Å²) in [5.41, 5.74) is 10.2. The second-order valence-electron chi connectivity index (χ2n) is 7.40. The second kappa shape index (κ2) is 7.92. The predicted octanol–water partition coefficient (Wildman–Crippen LogP) is 4.55. The minimum absolute atomic E-state index is 0. The van der Waals surface area contributed by atoms with Gasteiger partial charge in [0.05, 0.1) is 6.04 Å². The van der Waals surface area contributed by atoms with Gasteiger partial charge in [0, 0.05) is 12.1 Å². The zero-order valence-corrected chi connectivity index (χ0v) is 15.7. The van der Waals surface area contributed by atoms with E-state index in [4.69, 9.17) is 5.73 Å². The number of carbonyl (C=O) groups is 1. The van der Waals surface area contributed by atoms with Crippen molar-refractivity contribution in [2.75, 3.05) is 5.73 Å². The number of halogens is 1. The molecule has 0 bridgehead atoms. The first-order valence-electron chi connectivity index (χ1n) is 8.69. The molecule has 1 atom stereocenters. The number of hydrogen-bond donors (Lipinski definition) is 2. The van der Waals surface area contributed by atoms with Crippen LogP contribution in [0.15, 0.2) is 48.5 Å². The molecule has 0 aromatic heterocycles. The lowest BCUT2D eigenvalue weighted by atomic mass is 9.81. The van der Waals surface area contributed by atoms with Gasteiger partial charge >= 0.3 is 0 Å². The number of aryl methyl sites for hydroxylation is 1. The highest BCUT2D eigenvalue weighted by Crippen LogP contribution is 2.32. The molecule has 3 rings (SSSR count). The van der Waals surface area contributed by atoms with E-state index in [1.54, 1.807) is 0 Å². The molecule has 25 heavy (non-hydrogen) atoms. The largest absolute Gasteiger partial charge is 0.399 e. The van der Waals surface area contributed by atoms with Crippen molar-refractivity contribution in [1.82, 2.24) is 5.32 Å². The molecule has 4 heteroatoms. The smallest absolute Gasteiger partial charge is 0.221 e. The van der Waals surface area contributed by atoms with Gasteiger partial charge in [-0.1, -0.05) is 50.2 Å². The fraction of sp³-hybridized carbons (Fsp3) is 0.381. The molecule has 1 unspecified atom stereocenters. The number of rotatable bonds is 4. The number of anilines is 1. The monoisotopic (exact) mass is 358 g/mol. The molecule has 0 heterocycles. The Labute approximate surface area is 156 Å². The normalized spacial score (nSPS) is 16.5. The van der Waals surface area contributed by atoms with Gasteiger partial charge in [-0.05, 0) is 53.5 Å². The summed E-state index contributed by atoms with van der Waals surface area (Å²) in [6.45, 7) is 4.24. The summed E-state index contributed by atoms with van der Waals surface area (Å²) in [4.78, 5) is 12.6. The number of carbonyl (C=O) groups excluding carboxylic acids is 1. The molecule has 0 saturated carbocycles. The van der Waals surface area contributed by atoms with E-state index in [-0.39, 0.29) is 29.8 Å². The van der Waals surface area contributed by atoms with Gasteiger partial charge in [-0.15, -0.1) is 12.4 Å². The summed E-state index contributed by atoms with van der Waals surface area (Å²) in [7, 11) is 0. The van der Waals surface area contributed by atoms with E-state index in [0.717, 1.165) is 24.9 Å². The first-order chi connectivity index (χ1) is 11.5. The van der Waals surface area contributed by atoms with Gasteiger partial charge in [0.1, 0.15) is 0 Å². The lowest BCUT2D eigenvalue weighted by Crippen LogP contribution is -2.35. The number of nitrogens with two attached hydrogens (primary N) is 1. The summed E-state index contributed by atoms with van der Waals surface area (Å²) >= 11 is 0. The third-order valence-corrected chi connectivity index (χ3v) is 4.97. The molecule has 2 aromatic carbocycles. The minimum atomic E-state index is -0.177. The molecular formula is C21H27ClN2O. The van der Waals surface area contributed by atoms with Crippen LogP contribution in [0.1, 0.15) is 55.8 Å². The van der Waals surface area contributed by atoms with Crippen LogP contribution >= 0.6 is 12.4 Å². The van der Waals surface area contributed by atoms with E-state index < -0.39 is 0 Å². The van der Waals surface area contributed by atoms with Crippen molar-refractivity contribution >= 4 is 24.0 Å². The maximum Gasteiger partial charge on any atom is 0.221 e. The molecule has 0 spiro atoms. The lowest BCUT2D eigenvalue weighted by Gasteiger charge is -2.29. The van der Waals surface area contributed by atoms with Crippen LogP contribution in [0.3, 0.4) is 0 Å². The van der Waals surface area contributed by atoms with E-state index in [0.29, 0.717) is 6.42 Å². The summed E-state index contributed by atoms with van der Waals surface area (Å²) in [5, 5.41) is 3.24. The van der Waals surface area contributed by atoms with E-state index >= 15 is 0 Å². The summed E-state index contributed by atoms with van der Waals surface area (Å²) in [6, 6.07) is 16.4. The summed E-state index contributed by atoms with van der Waals surface area (Å²) in [5.74, 6) is 0.110. The highest BCUT2D eigenvalue weighted by Gasteiger charge is 2.27. The number of fused-ring (bicyclic) bond motifs is 1. The minimum Gasteiger partial charge on any atom is -0.399 e. The molecule has 1 aliphatic rings. The molecule has 3 nitrogen and oxygen atoms in total. The van der Waals surface area contributed by atoms with Gasteiger partial charge in [-0.25, -0.2) is 0 Å². The zero-order valence-electron chi connectivity index (χ0n) is 14.9. The molecular weight excluding hydrogens is 332 g/mol. The van der Waals surface area contributed by atoms with Crippen LogP contribution < -0.4 is 11.1 Å². The van der Waals surface area contributed by atoms with E-state index in [9.17, 15) is 4.79 Å². The Morgan fingerprint density at radius 2 is 1.92 bits per heavy atom. The van der Waals surface area contributed by atoms with E-state index in [2.05, 4.69) is 37.4 Å². The highest BCUT2D eigenvalue weighted by molar-refractivity contribution is 5.85. The van der Waals surface area contributed by atoms with Gasteiger partial charge in [-0.2, -0.15) is 0 Å². The van der Waals surface area contributed by atoms with Crippen molar-refractivity contribution < 1.29 is 4.79 Å². The lowest BCUT2D eigenvalue weighted by molar-refractivity contribution is -0.123. The van der Waals surface area contributed by atoms with Crippen molar-refractivity contribution in [3.8, 4) is 0 Å². The first kappa shape index (κ1) is 19.3. The molecule has 0 saturated heterocycles. The topological polar surface area (TPSA) is 55.1 Å². The van der Waals surface area contributed by atoms with Gasteiger partial charge in [0.2, 0.25) is 5.91 Å². The van der Waals surface area contributed by atoms with Gasteiger partial charge in [0.15, 0.2) is 0 Å². The standard InChI is InChI=1S/C21H26N2O.ClH/c1-21(2,16-8-4-3-5-9-16)14-20(24)23-19-10-6-7-15-13-17(22)11-12-18(15)19;/h3-5,8-9,11-13,19H,6-7,10,14,22H2,1-2H3,(H,23,24);1H. The van der Waals surface area contributed by atoms with Crippen LogP contribution in [0.2, 0.25) is 0 Å². The number of benzene rings is 2. The maximum atomic E-state index is 12.6. The van der Waals surface area contributed by atoms with Crippen LogP contribution in [0.4, 0.5) is 5.69 Å². The van der Waals surface area contributed by atoms with Gasteiger partial charge in [0.25, 0.3) is 0 Å². The SMILES string of the molecule is CC(C)(CC(=O)NC1CCCc2cc(N)ccc21)c1ccccc1.Cl. The first-order valence-corrected chi connectivity index (χ1v) is 8.69. The average molecular weight is 359 g/mol. The number of hydrogen-bond acceptors (Lipinski definition) is 2. The Hall–Kier alpha value is -2.00. The van der Waals surface area contributed by atoms with Crippen molar-refractivity contribution in [2.24, 2.45) is 0 Å². The Morgan fingerprint density at radius 1 is 1.20 bits per heavy atom. The highest BCUT2D eigenvalue weighted by atomic mass is 35.5. The fourth-order valence-corrected chi connectivity index (χ4v) is 3.62. The third kappa shape index (κ3) is 4.55. The van der Waals surface area contributed by atoms with Gasteiger partial charge in [-0.3, -0.25) is 4.79 Å². The number of amides is 1. The Bertz CT molecular complexity index is 728. The van der Waals surface area contributed by atoms with Crippen LogP contribution in [0, 0.1) is 0 Å². The van der Waals surface area contributed by atoms with Crippen LogP contribution in [-0.2, 0) is 16.6 Å². The number of nitrogens with one attached hydrogen (secondary N) is 1. The Morgan fingerprint density at radius 3 is 2.64 bits per heavy atom. The van der Waals surface area contributed by atoms with E-state index in [1.165, 1.54) is 16.7 Å². The van der Waals surface area contributed by atoms with Crippen molar-refractivity contribution in [3.63, 3.8) is 0 Å². The van der Waals surface area contributed by atoms with Crippen LogP contribution in [0.25, 0.3) is 0 Å². The van der Waals surface area contributed by atoms with Crippen molar-refractivity contribution in [3.05, 3.63) is 65.2 Å². The second-order valence-corrected chi connectivity index (χ2v) is 7.40. The summed E-state index contributed by atoms with van der Waals surface area (Å²) in [6.07, 6.45) is 3.61. The fourth-order valence-electron chi connectivity index (χ4n) is 3.62. The van der Waals surface area contributed by atoms with Crippen LogP contribution in [-0.4, -0.2) is 5.91 Å². The molecule has 134 valence electrons.